The summed E-state index contributed by atoms with van der Waals surface area (Å²) in [5.74, 6) is -1.04. The van der Waals surface area contributed by atoms with E-state index >= 15 is 0 Å². The number of phenols is 1. The molecule has 62 valence electrons. The van der Waals surface area contributed by atoms with Crippen molar-refractivity contribution in [2.75, 3.05) is 0 Å². The van der Waals surface area contributed by atoms with Gasteiger partial charge in [0.05, 0.1) is 12.5 Å². The van der Waals surface area contributed by atoms with Crippen molar-refractivity contribution in [3.8, 4) is 11.8 Å². The largest absolute Gasteiger partial charge is 0.506 e. The number of rotatable bonds is 1. The van der Waals surface area contributed by atoms with E-state index in [1.54, 1.807) is 0 Å². The summed E-state index contributed by atoms with van der Waals surface area (Å²) in [4.78, 5) is 0. The number of aromatic hydroxyl groups is 1. The third-order valence-electron chi connectivity index (χ3n) is 1.35. The summed E-state index contributed by atoms with van der Waals surface area (Å²) in [6.45, 7) is 0. The van der Waals surface area contributed by atoms with Crippen LogP contribution in [0.5, 0.6) is 5.75 Å². The Morgan fingerprint density at radius 1 is 1.58 bits per heavy atom. The zero-order valence-electron chi connectivity index (χ0n) is 6.01. The van der Waals surface area contributed by atoms with Gasteiger partial charge in [0.1, 0.15) is 16.6 Å². The molecule has 0 aromatic heterocycles. The fourth-order valence-corrected chi connectivity index (χ4v) is 0.932. The Hall–Kier alpha value is -1.27. The second-order valence-corrected chi connectivity index (χ2v) is 2.62. The maximum atomic E-state index is 12.8. The lowest BCUT2D eigenvalue weighted by Crippen LogP contribution is -1.85. The normalized spacial score (nSPS) is 9.42. The monoisotopic (exact) mass is 185 g/mol. The van der Waals surface area contributed by atoms with Crippen LogP contribution in [-0.2, 0) is 6.42 Å². The van der Waals surface area contributed by atoms with Gasteiger partial charge in [-0.05, 0) is 17.7 Å². The fourth-order valence-electron chi connectivity index (χ4n) is 0.822. The van der Waals surface area contributed by atoms with Gasteiger partial charge in [-0.25, -0.2) is 4.39 Å². The SMILES string of the molecule is N#CCc1cc(O)c(Cl)c(F)c1. The number of phenolic OH excluding ortho intramolecular Hbond substituents is 1. The number of halogens is 2. The van der Waals surface area contributed by atoms with Crippen LogP contribution in [0.3, 0.4) is 0 Å². The molecule has 1 N–H and O–H groups in total. The molecule has 1 rings (SSSR count). The molecule has 2 nitrogen and oxygen atoms in total. The number of hydrogen-bond acceptors (Lipinski definition) is 2. The molecule has 0 atom stereocenters. The minimum absolute atomic E-state index is 0.0572. The van der Waals surface area contributed by atoms with Crippen LogP contribution in [-0.4, -0.2) is 5.11 Å². The van der Waals surface area contributed by atoms with Crippen LogP contribution in [0.15, 0.2) is 12.1 Å². The van der Waals surface area contributed by atoms with E-state index in [9.17, 15) is 4.39 Å². The van der Waals surface area contributed by atoms with Crippen LogP contribution in [0.4, 0.5) is 4.39 Å². The molecule has 1 aromatic rings. The second kappa shape index (κ2) is 3.42. The lowest BCUT2D eigenvalue weighted by Gasteiger charge is -2.00. The molecular weight excluding hydrogens is 181 g/mol. The topological polar surface area (TPSA) is 44.0 Å². The molecule has 0 saturated carbocycles. The van der Waals surface area contributed by atoms with Gasteiger partial charge in [0, 0.05) is 0 Å². The van der Waals surface area contributed by atoms with Gasteiger partial charge in [-0.15, -0.1) is 0 Å². The Morgan fingerprint density at radius 3 is 2.75 bits per heavy atom. The van der Waals surface area contributed by atoms with E-state index in [0.717, 1.165) is 6.07 Å². The van der Waals surface area contributed by atoms with Crippen molar-refractivity contribution in [2.45, 2.75) is 6.42 Å². The van der Waals surface area contributed by atoms with Gasteiger partial charge in [0.2, 0.25) is 0 Å². The molecule has 0 bridgehead atoms. The average molecular weight is 186 g/mol. The van der Waals surface area contributed by atoms with Crippen molar-refractivity contribution in [2.24, 2.45) is 0 Å². The van der Waals surface area contributed by atoms with Crippen LogP contribution in [0.25, 0.3) is 0 Å². The molecule has 0 fully saturated rings. The molecule has 12 heavy (non-hydrogen) atoms. The zero-order valence-corrected chi connectivity index (χ0v) is 6.77. The van der Waals surface area contributed by atoms with Gasteiger partial charge in [0.15, 0.2) is 0 Å². The summed E-state index contributed by atoms with van der Waals surface area (Å²) in [5.41, 5.74) is 0.414. The van der Waals surface area contributed by atoms with Gasteiger partial charge in [-0.1, -0.05) is 11.6 Å². The van der Waals surface area contributed by atoms with Crippen molar-refractivity contribution in [3.05, 3.63) is 28.5 Å². The van der Waals surface area contributed by atoms with Crippen LogP contribution >= 0.6 is 11.6 Å². The van der Waals surface area contributed by atoms with Crippen molar-refractivity contribution in [1.29, 1.82) is 5.26 Å². The van der Waals surface area contributed by atoms with E-state index < -0.39 is 5.82 Å². The molecule has 0 spiro atoms. The lowest BCUT2D eigenvalue weighted by molar-refractivity contribution is 0.468. The van der Waals surface area contributed by atoms with Gasteiger partial charge in [-0.2, -0.15) is 5.26 Å². The number of nitriles is 1. The molecule has 0 heterocycles. The van der Waals surface area contributed by atoms with Gasteiger partial charge < -0.3 is 5.11 Å². The average Bonchev–Trinajstić information content (AvgIpc) is 2.01. The maximum Gasteiger partial charge on any atom is 0.145 e. The van der Waals surface area contributed by atoms with Crippen LogP contribution in [0, 0.1) is 17.1 Å². The first-order chi connectivity index (χ1) is 5.65. The highest BCUT2D eigenvalue weighted by molar-refractivity contribution is 6.32. The molecule has 0 saturated heterocycles. The van der Waals surface area contributed by atoms with Gasteiger partial charge in [0.25, 0.3) is 0 Å². The molecule has 1 aromatic carbocycles. The van der Waals surface area contributed by atoms with Gasteiger partial charge in [-0.3, -0.25) is 0 Å². The van der Waals surface area contributed by atoms with Crippen LogP contribution in [0.1, 0.15) is 5.56 Å². The van der Waals surface area contributed by atoms with E-state index in [0.29, 0.717) is 5.56 Å². The third kappa shape index (κ3) is 1.66. The third-order valence-corrected chi connectivity index (χ3v) is 1.73. The fraction of sp³-hybridized carbons (Fsp3) is 0.125. The smallest absolute Gasteiger partial charge is 0.145 e. The summed E-state index contributed by atoms with van der Waals surface area (Å²) < 4.78 is 12.8. The summed E-state index contributed by atoms with van der Waals surface area (Å²) in [6, 6.07) is 4.24. The Bertz CT molecular complexity index is 322. The molecule has 0 unspecified atom stereocenters. The van der Waals surface area contributed by atoms with Crippen molar-refractivity contribution in [1.82, 2.24) is 0 Å². The lowest BCUT2D eigenvalue weighted by atomic mass is 10.1. The number of benzene rings is 1. The van der Waals surface area contributed by atoms with Crippen molar-refractivity contribution in [3.63, 3.8) is 0 Å². The highest BCUT2D eigenvalue weighted by Crippen LogP contribution is 2.27. The van der Waals surface area contributed by atoms with E-state index in [-0.39, 0.29) is 17.2 Å². The highest BCUT2D eigenvalue weighted by Gasteiger charge is 2.06. The van der Waals surface area contributed by atoms with E-state index in [4.69, 9.17) is 22.0 Å². The summed E-state index contributed by atoms with van der Waals surface area (Å²) >= 11 is 5.34. The Kier molecular flexibility index (Phi) is 2.51. The molecule has 4 heteroatoms. The van der Waals surface area contributed by atoms with E-state index in [2.05, 4.69) is 0 Å². The highest BCUT2D eigenvalue weighted by atomic mass is 35.5. The van der Waals surface area contributed by atoms with Crippen LogP contribution < -0.4 is 0 Å². The first kappa shape index (κ1) is 8.82. The quantitative estimate of drug-likeness (QED) is 0.729. The molecule has 0 aliphatic rings. The standard InChI is InChI=1S/C8H5ClFNO/c9-8-6(10)3-5(1-2-11)4-7(8)12/h3-4,12H,1H2. The summed E-state index contributed by atoms with van der Waals surface area (Å²) in [5, 5.41) is 17.0. The first-order valence-electron chi connectivity index (χ1n) is 3.19. The molecule has 0 aliphatic carbocycles. The van der Waals surface area contributed by atoms with Crippen molar-refractivity contribution < 1.29 is 9.50 Å². The van der Waals surface area contributed by atoms with E-state index in [1.165, 1.54) is 6.07 Å². The van der Waals surface area contributed by atoms with Crippen molar-refractivity contribution >= 4 is 11.6 Å². The van der Waals surface area contributed by atoms with Crippen LogP contribution in [0.2, 0.25) is 5.02 Å². The van der Waals surface area contributed by atoms with Gasteiger partial charge >= 0.3 is 0 Å². The molecule has 0 amide bonds. The maximum absolute atomic E-state index is 12.8. The van der Waals surface area contributed by atoms with E-state index in [1.807, 2.05) is 6.07 Å². The minimum Gasteiger partial charge on any atom is -0.506 e. The predicted molar refractivity (Wildman–Crippen MR) is 42.4 cm³/mol. The number of nitrogens with zero attached hydrogens (tertiary/aromatic N) is 1. The summed E-state index contributed by atoms with van der Waals surface area (Å²) in [6.07, 6.45) is 0.0572. The zero-order chi connectivity index (χ0) is 9.14. The minimum atomic E-state index is -0.707. The first-order valence-corrected chi connectivity index (χ1v) is 3.56. The number of hydrogen-bond donors (Lipinski definition) is 1. The molecule has 0 aliphatic heterocycles. The Labute approximate surface area is 73.8 Å². The molecule has 0 radical (unpaired) electrons. The summed E-state index contributed by atoms with van der Waals surface area (Å²) in [7, 11) is 0. The second-order valence-electron chi connectivity index (χ2n) is 2.25. The molecular formula is C8H5ClFNO. The Morgan fingerprint density at radius 2 is 2.25 bits per heavy atom. The Balaban J connectivity index is 3.14. The predicted octanol–water partition coefficient (Wildman–Crippen LogP) is 2.25.